The first kappa shape index (κ1) is 11.0. The van der Waals surface area contributed by atoms with Gasteiger partial charge in [0.25, 0.3) is 0 Å². The van der Waals surface area contributed by atoms with E-state index in [1.807, 2.05) is 6.92 Å². The molecule has 1 aliphatic carbocycles. The van der Waals surface area contributed by atoms with Crippen molar-refractivity contribution in [1.82, 2.24) is 5.32 Å². The van der Waals surface area contributed by atoms with Gasteiger partial charge in [-0.25, -0.2) is 0 Å². The quantitative estimate of drug-likeness (QED) is 0.658. The van der Waals surface area contributed by atoms with Crippen LogP contribution in [0.1, 0.15) is 46.0 Å². The van der Waals surface area contributed by atoms with Crippen LogP contribution in [0.3, 0.4) is 0 Å². The molecule has 13 heavy (non-hydrogen) atoms. The smallest absolute Gasteiger partial charge is 0.0636 e. The van der Waals surface area contributed by atoms with Crippen LogP contribution in [0.15, 0.2) is 0 Å². The van der Waals surface area contributed by atoms with Gasteiger partial charge in [0.05, 0.1) is 6.10 Å². The van der Waals surface area contributed by atoms with E-state index in [1.165, 1.54) is 32.1 Å². The van der Waals surface area contributed by atoms with Crippen molar-refractivity contribution in [2.24, 2.45) is 5.92 Å². The summed E-state index contributed by atoms with van der Waals surface area (Å²) in [6.07, 6.45) is 6.54. The molecule has 2 N–H and O–H groups in total. The lowest BCUT2D eigenvalue weighted by Gasteiger charge is -2.23. The summed E-state index contributed by atoms with van der Waals surface area (Å²) >= 11 is 0. The zero-order valence-corrected chi connectivity index (χ0v) is 8.92. The highest BCUT2D eigenvalue weighted by molar-refractivity contribution is 4.77. The SMILES string of the molecule is CC1CCCCCC1NC[C@@H](C)O. The van der Waals surface area contributed by atoms with Crippen LogP contribution in [0, 0.1) is 5.92 Å². The molecule has 1 rings (SSSR count). The van der Waals surface area contributed by atoms with Crippen LogP contribution in [0.4, 0.5) is 0 Å². The van der Waals surface area contributed by atoms with Gasteiger partial charge in [-0.3, -0.25) is 0 Å². The van der Waals surface area contributed by atoms with Crippen molar-refractivity contribution in [2.75, 3.05) is 6.54 Å². The van der Waals surface area contributed by atoms with Crippen molar-refractivity contribution in [1.29, 1.82) is 0 Å². The highest BCUT2D eigenvalue weighted by Gasteiger charge is 2.19. The maximum Gasteiger partial charge on any atom is 0.0636 e. The van der Waals surface area contributed by atoms with Gasteiger partial charge in [-0.15, -0.1) is 0 Å². The Kier molecular flexibility index (Phi) is 4.74. The number of rotatable bonds is 3. The van der Waals surface area contributed by atoms with Crippen molar-refractivity contribution in [3.63, 3.8) is 0 Å². The second kappa shape index (κ2) is 5.61. The minimum absolute atomic E-state index is 0.213. The first-order valence-corrected chi connectivity index (χ1v) is 5.61. The number of aliphatic hydroxyl groups is 1. The molecule has 0 aromatic carbocycles. The second-order valence-corrected chi connectivity index (χ2v) is 4.48. The van der Waals surface area contributed by atoms with Gasteiger partial charge in [-0.2, -0.15) is 0 Å². The van der Waals surface area contributed by atoms with Crippen molar-refractivity contribution in [3.05, 3.63) is 0 Å². The Balaban J connectivity index is 2.27. The van der Waals surface area contributed by atoms with Gasteiger partial charge in [-0.1, -0.05) is 26.2 Å². The first-order valence-electron chi connectivity index (χ1n) is 5.61. The van der Waals surface area contributed by atoms with E-state index in [4.69, 9.17) is 0 Å². The average molecular weight is 185 g/mol. The normalized spacial score (nSPS) is 32.5. The van der Waals surface area contributed by atoms with Gasteiger partial charge in [0.2, 0.25) is 0 Å². The standard InChI is InChI=1S/C11H23NO/c1-9-6-4-3-5-7-11(9)12-8-10(2)13/h9-13H,3-8H2,1-2H3/t9?,10-,11?/m1/s1. The van der Waals surface area contributed by atoms with Crippen LogP contribution in [0.5, 0.6) is 0 Å². The van der Waals surface area contributed by atoms with Crippen molar-refractivity contribution in [2.45, 2.75) is 58.1 Å². The highest BCUT2D eigenvalue weighted by atomic mass is 16.3. The molecule has 0 aromatic rings. The molecule has 1 fully saturated rings. The molecular weight excluding hydrogens is 162 g/mol. The molecule has 0 heterocycles. The third kappa shape index (κ3) is 4.10. The Labute approximate surface area is 81.7 Å². The van der Waals surface area contributed by atoms with E-state index in [9.17, 15) is 5.11 Å². The van der Waals surface area contributed by atoms with E-state index in [-0.39, 0.29) is 6.10 Å². The third-order valence-corrected chi connectivity index (χ3v) is 3.04. The molecule has 2 nitrogen and oxygen atoms in total. The number of aliphatic hydroxyl groups excluding tert-OH is 1. The lowest BCUT2D eigenvalue weighted by molar-refractivity contribution is 0.179. The summed E-state index contributed by atoms with van der Waals surface area (Å²) in [6, 6.07) is 0.636. The molecule has 0 aromatic heterocycles. The summed E-state index contributed by atoms with van der Waals surface area (Å²) in [5.41, 5.74) is 0. The largest absolute Gasteiger partial charge is 0.392 e. The lowest BCUT2D eigenvalue weighted by Crippen LogP contribution is -2.38. The van der Waals surface area contributed by atoms with E-state index in [0.717, 1.165) is 12.5 Å². The summed E-state index contributed by atoms with van der Waals surface area (Å²) < 4.78 is 0. The van der Waals surface area contributed by atoms with Crippen LogP contribution in [0.2, 0.25) is 0 Å². The van der Waals surface area contributed by atoms with Crippen LogP contribution >= 0.6 is 0 Å². The van der Waals surface area contributed by atoms with Gasteiger partial charge < -0.3 is 10.4 Å². The van der Waals surface area contributed by atoms with Gasteiger partial charge in [0, 0.05) is 12.6 Å². The van der Waals surface area contributed by atoms with E-state index in [1.54, 1.807) is 0 Å². The second-order valence-electron chi connectivity index (χ2n) is 4.48. The summed E-state index contributed by atoms with van der Waals surface area (Å²) in [4.78, 5) is 0. The van der Waals surface area contributed by atoms with Crippen molar-refractivity contribution < 1.29 is 5.11 Å². The molecule has 78 valence electrons. The molecule has 0 bridgehead atoms. The van der Waals surface area contributed by atoms with Crippen LogP contribution < -0.4 is 5.32 Å². The van der Waals surface area contributed by atoms with E-state index in [2.05, 4.69) is 12.2 Å². The molecule has 0 spiro atoms. The van der Waals surface area contributed by atoms with Gasteiger partial charge in [0.1, 0.15) is 0 Å². The maximum atomic E-state index is 9.18. The molecule has 2 unspecified atom stereocenters. The Morgan fingerprint density at radius 3 is 2.69 bits per heavy atom. The summed E-state index contributed by atoms with van der Waals surface area (Å²) in [7, 11) is 0. The number of nitrogens with one attached hydrogen (secondary N) is 1. The molecule has 0 radical (unpaired) electrons. The van der Waals surface area contributed by atoms with Crippen molar-refractivity contribution >= 4 is 0 Å². The molecule has 0 amide bonds. The first-order chi connectivity index (χ1) is 6.20. The Morgan fingerprint density at radius 1 is 1.31 bits per heavy atom. The fourth-order valence-electron chi connectivity index (χ4n) is 2.12. The lowest BCUT2D eigenvalue weighted by atomic mass is 9.97. The topological polar surface area (TPSA) is 32.3 Å². The van der Waals surface area contributed by atoms with E-state index >= 15 is 0 Å². The van der Waals surface area contributed by atoms with Crippen LogP contribution in [0.25, 0.3) is 0 Å². The van der Waals surface area contributed by atoms with E-state index < -0.39 is 0 Å². The fraction of sp³-hybridized carbons (Fsp3) is 1.00. The predicted molar refractivity (Wildman–Crippen MR) is 55.7 cm³/mol. The summed E-state index contributed by atoms with van der Waals surface area (Å²) in [5, 5.41) is 12.6. The van der Waals surface area contributed by atoms with Gasteiger partial charge >= 0.3 is 0 Å². The number of hydrogen-bond donors (Lipinski definition) is 2. The minimum Gasteiger partial charge on any atom is -0.392 e. The summed E-state index contributed by atoms with van der Waals surface area (Å²) in [6.45, 7) is 4.91. The van der Waals surface area contributed by atoms with Crippen LogP contribution in [-0.4, -0.2) is 23.8 Å². The monoisotopic (exact) mass is 185 g/mol. The zero-order chi connectivity index (χ0) is 9.68. The van der Waals surface area contributed by atoms with Crippen LogP contribution in [-0.2, 0) is 0 Å². The molecule has 3 atom stereocenters. The third-order valence-electron chi connectivity index (χ3n) is 3.04. The Morgan fingerprint density at radius 2 is 2.00 bits per heavy atom. The van der Waals surface area contributed by atoms with Crippen molar-refractivity contribution in [3.8, 4) is 0 Å². The predicted octanol–water partition coefficient (Wildman–Crippen LogP) is 1.93. The Bertz CT molecular complexity index is 136. The molecule has 0 aliphatic heterocycles. The Hall–Kier alpha value is -0.0800. The molecule has 1 saturated carbocycles. The molecule has 2 heteroatoms. The highest BCUT2D eigenvalue weighted by Crippen LogP contribution is 2.22. The van der Waals surface area contributed by atoms with Gasteiger partial charge in [0.15, 0.2) is 0 Å². The number of hydrogen-bond acceptors (Lipinski definition) is 2. The molecule has 0 saturated heterocycles. The van der Waals surface area contributed by atoms with Gasteiger partial charge in [-0.05, 0) is 25.7 Å². The minimum atomic E-state index is -0.213. The summed E-state index contributed by atoms with van der Waals surface area (Å²) in [5.74, 6) is 0.779. The molecular formula is C11H23NO. The van der Waals surface area contributed by atoms with E-state index in [0.29, 0.717) is 6.04 Å². The fourth-order valence-corrected chi connectivity index (χ4v) is 2.12. The molecule has 1 aliphatic rings. The zero-order valence-electron chi connectivity index (χ0n) is 8.92. The maximum absolute atomic E-state index is 9.18. The average Bonchev–Trinajstić information content (AvgIpc) is 2.27.